The lowest BCUT2D eigenvalue weighted by Gasteiger charge is -2.28. The molecule has 18 heavy (non-hydrogen) atoms. The standard InChI is InChI=1S/C12H15FN2O3/c13-11-3-9(4-14)1-2-10(11)5-15-12(6-16,7-17)8-18/h1-3,15-18H,5-8H2. The molecule has 0 aromatic heterocycles. The van der Waals surface area contributed by atoms with Crippen molar-refractivity contribution in [3.63, 3.8) is 0 Å². The summed E-state index contributed by atoms with van der Waals surface area (Å²) in [5.74, 6) is -0.552. The molecule has 0 radical (unpaired) electrons. The van der Waals surface area contributed by atoms with E-state index in [1.54, 1.807) is 0 Å². The Hall–Kier alpha value is -1.52. The third-order valence-electron chi connectivity index (χ3n) is 2.74. The molecule has 0 heterocycles. The lowest BCUT2D eigenvalue weighted by Crippen LogP contribution is -2.54. The lowest BCUT2D eigenvalue weighted by molar-refractivity contribution is 0.0412. The van der Waals surface area contributed by atoms with Gasteiger partial charge in [-0.1, -0.05) is 6.07 Å². The van der Waals surface area contributed by atoms with E-state index in [1.807, 2.05) is 6.07 Å². The first-order valence-corrected chi connectivity index (χ1v) is 5.37. The third-order valence-corrected chi connectivity index (χ3v) is 2.74. The van der Waals surface area contributed by atoms with Gasteiger partial charge in [-0.25, -0.2) is 4.39 Å². The highest BCUT2D eigenvalue weighted by atomic mass is 19.1. The van der Waals surface area contributed by atoms with E-state index >= 15 is 0 Å². The quantitative estimate of drug-likeness (QED) is 0.549. The van der Waals surface area contributed by atoms with E-state index in [2.05, 4.69) is 5.32 Å². The Kier molecular flexibility index (Phi) is 5.19. The summed E-state index contributed by atoms with van der Waals surface area (Å²) in [6, 6.07) is 5.84. The summed E-state index contributed by atoms with van der Waals surface area (Å²) in [6.45, 7) is -1.40. The van der Waals surface area contributed by atoms with Crippen molar-refractivity contribution in [2.45, 2.75) is 12.1 Å². The van der Waals surface area contributed by atoms with Crippen LogP contribution in [0.5, 0.6) is 0 Å². The molecule has 6 heteroatoms. The van der Waals surface area contributed by atoms with Crippen LogP contribution in [0.4, 0.5) is 4.39 Å². The van der Waals surface area contributed by atoms with Gasteiger partial charge in [-0.2, -0.15) is 5.26 Å². The topological polar surface area (TPSA) is 96.5 Å². The van der Waals surface area contributed by atoms with Crippen molar-refractivity contribution in [3.05, 3.63) is 35.1 Å². The molecule has 5 nitrogen and oxygen atoms in total. The molecule has 0 fully saturated rings. The van der Waals surface area contributed by atoms with Gasteiger partial charge in [0.1, 0.15) is 5.82 Å². The second-order valence-corrected chi connectivity index (χ2v) is 4.03. The van der Waals surface area contributed by atoms with Crippen LogP contribution in [0, 0.1) is 17.1 Å². The van der Waals surface area contributed by atoms with E-state index < -0.39 is 31.2 Å². The van der Waals surface area contributed by atoms with Crippen LogP contribution in [0.25, 0.3) is 0 Å². The Morgan fingerprint density at radius 3 is 2.28 bits per heavy atom. The van der Waals surface area contributed by atoms with Crippen molar-refractivity contribution in [2.75, 3.05) is 19.8 Å². The largest absolute Gasteiger partial charge is 0.394 e. The number of aliphatic hydroxyl groups is 3. The highest BCUT2D eigenvalue weighted by Crippen LogP contribution is 2.11. The smallest absolute Gasteiger partial charge is 0.129 e. The fourth-order valence-electron chi connectivity index (χ4n) is 1.36. The molecule has 0 spiro atoms. The van der Waals surface area contributed by atoms with E-state index in [9.17, 15) is 4.39 Å². The third kappa shape index (κ3) is 3.24. The summed E-state index contributed by atoms with van der Waals surface area (Å²) in [4.78, 5) is 0. The normalized spacial score (nSPS) is 11.3. The van der Waals surface area contributed by atoms with Crippen LogP contribution in [0.3, 0.4) is 0 Å². The summed E-state index contributed by atoms with van der Waals surface area (Å²) < 4.78 is 13.5. The zero-order chi connectivity index (χ0) is 13.6. The summed E-state index contributed by atoms with van der Waals surface area (Å²) in [5, 5.41) is 38.6. The molecule has 1 rings (SSSR count). The summed E-state index contributed by atoms with van der Waals surface area (Å²) in [6.07, 6.45) is 0. The molecule has 98 valence electrons. The number of benzene rings is 1. The van der Waals surface area contributed by atoms with Gasteiger partial charge in [0.25, 0.3) is 0 Å². The molecule has 1 aromatic carbocycles. The average Bonchev–Trinajstić information content (AvgIpc) is 2.42. The van der Waals surface area contributed by atoms with Crippen molar-refractivity contribution in [2.24, 2.45) is 0 Å². The van der Waals surface area contributed by atoms with Gasteiger partial charge in [0.05, 0.1) is 37.0 Å². The maximum Gasteiger partial charge on any atom is 0.129 e. The minimum absolute atomic E-state index is 0.0270. The maximum atomic E-state index is 13.5. The Balaban J connectivity index is 2.77. The monoisotopic (exact) mass is 254 g/mol. The molecule has 0 amide bonds. The van der Waals surface area contributed by atoms with Gasteiger partial charge in [-0.3, -0.25) is 0 Å². The van der Waals surface area contributed by atoms with Crippen LogP contribution < -0.4 is 5.32 Å². The summed E-state index contributed by atoms with van der Waals surface area (Å²) in [7, 11) is 0. The Morgan fingerprint density at radius 2 is 1.83 bits per heavy atom. The van der Waals surface area contributed by atoms with E-state index in [4.69, 9.17) is 20.6 Å². The van der Waals surface area contributed by atoms with Crippen molar-refractivity contribution in [1.82, 2.24) is 5.32 Å². The summed E-state index contributed by atoms with van der Waals surface area (Å²) >= 11 is 0. The van der Waals surface area contributed by atoms with Crippen LogP contribution in [0.1, 0.15) is 11.1 Å². The van der Waals surface area contributed by atoms with Gasteiger partial charge in [-0.15, -0.1) is 0 Å². The fourth-order valence-corrected chi connectivity index (χ4v) is 1.36. The molecule has 0 bridgehead atoms. The Bertz CT molecular complexity index is 433. The molecule has 0 atom stereocenters. The highest BCUT2D eigenvalue weighted by molar-refractivity contribution is 5.32. The van der Waals surface area contributed by atoms with Crippen LogP contribution in [-0.2, 0) is 6.54 Å². The number of hydrogen-bond donors (Lipinski definition) is 4. The number of nitrogens with zero attached hydrogens (tertiary/aromatic N) is 1. The van der Waals surface area contributed by atoms with Crippen LogP contribution in [-0.4, -0.2) is 40.7 Å². The van der Waals surface area contributed by atoms with Gasteiger partial charge in [-0.05, 0) is 12.1 Å². The molecular weight excluding hydrogens is 239 g/mol. The van der Waals surface area contributed by atoms with Gasteiger partial charge in [0, 0.05) is 12.1 Å². The number of rotatable bonds is 6. The lowest BCUT2D eigenvalue weighted by atomic mass is 10.0. The number of nitriles is 1. The minimum Gasteiger partial charge on any atom is -0.394 e. The molecule has 0 aliphatic heterocycles. The van der Waals surface area contributed by atoms with Crippen molar-refractivity contribution < 1.29 is 19.7 Å². The Labute approximate surface area is 104 Å². The number of nitrogens with one attached hydrogen (secondary N) is 1. The minimum atomic E-state index is -1.25. The van der Waals surface area contributed by atoms with Crippen molar-refractivity contribution in [3.8, 4) is 6.07 Å². The van der Waals surface area contributed by atoms with E-state index in [-0.39, 0.29) is 17.7 Å². The summed E-state index contributed by atoms with van der Waals surface area (Å²) in [5.41, 5.74) is -0.747. The van der Waals surface area contributed by atoms with Gasteiger partial charge in [0.2, 0.25) is 0 Å². The van der Waals surface area contributed by atoms with Crippen LogP contribution in [0.15, 0.2) is 18.2 Å². The van der Waals surface area contributed by atoms with Crippen molar-refractivity contribution in [1.29, 1.82) is 5.26 Å². The first-order chi connectivity index (χ1) is 8.60. The average molecular weight is 254 g/mol. The number of hydrogen-bond acceptors (Lipinski definition) is 5. The second-order valence-electron chi connectivity index (χ2n) is 4.03. The molecule has 0 saturated carbocycles. The zero-order valence-electron chi connectivity index (χ0n) is 9.73. The van der Waals surface area contributed by atoms with Gasteiger partial charge in [0.15, 0.2) is 0 Å². The van der Waals surface area contributed by atoms with Crippen LogP contribution in [0.2, 0.25) is 0 Å². The zero-order valence-corrected chi connectivity index (χ0v) is 9.73. The predicted molar refractivity (Wildman–Crippen MR) is 61.9 cm³/mol. The second kappa shape index (κ2) is 6.42. The van der Waals surface area contributed by atoms with Crippen LogP contribution >= 0.6 is 0 Å². The van der Waals surface area contributed by atoms with Gasteiger partial charge >= 0.3 is 0 Å². The van der Waals surface area contributed by atoms with E-state index in [0.717, 1.165) is 6.07 Å². The van der Waals surface area contributed by atoms with Crippen molar-refractivity contribution >= 4 is 0 Å². The molecule has 1 aromatic rings. The molecule has 0 unspecified atom stereocenters. The molecule has 4 N–H and O–H groups in total. The van der Waals surface area contributed by atoms with Gasteiger partial charge < -0.3 is 20.6 Å². The number of halogens is 1. The maximum absolute atomic E-state index is 13.5. The predicted octanol–water partition coefficient (Wildman–Crippen LogP) is -0.497. The number of aliphatic hydroxyl groups excluding tert-OH is 3. The molecular formula is C12H15FN2O3. The first kappa shape index (κ1) is 14.5. The van der Waals surface area contributed by atoms with E-state index in [1.165, 1.54) is 12.1 Å². The first-order valence-electron chi connectivity index (χ1n) is 5.37. The fraction of sp³-hybridized carbons (Fsp3) is 0.417. The Morgan fingerprint density at radius 1 is 1.22 bits per heavy atom. The molecule has 0 saturated heterocycles. The SMILES string of the molecule is N#Cc1ccc(CNC(CO)(CO)CO)c(F)c1. The molecule has 0 aliphatic rings. The molecule has 0 aliphatic carbocycles. The highest BCUT2D eigenvalue weighted by Gasteiger charge is 2.27. The van der Waals surface area contributed by atoms with E-state index in [0.29, 0.717) is 0 Å².